The van der Waals surface area contributed by atoms with Gasteiger partial charge in [-0.25, -0.2) is 9.78 Å². The number of nitrogens with one attached hydrogen (secondary N) is 1. The standard InChI is InChI=1S/C14H22N4O2/c1-11-10-20-7-6-18(11)14(19)16-9-12-4-5-15-13(8-12)17(2)3/h4-5,8,11H,6-7,9-10H2,1-3H3,(H,16,19). The average Bonchev–Trinajstić information content (AvgIpc) is 2.45. The first-order valence-electron chi connectivity index (χ1n) is 6.82. The molecule has 0 aromatic carbocycles. The van der Waals surface area contributed by atoms with Gasteiger partial charge in [0.2, 0.25) is 0 Å². The number of aromatic nitrogens is 1. The molecule has 6 heteroatoms. The minimum atomic E-state index is -0.0379. The van der Waals surface area contributed by atoms with Gasteiger partial charge >= 0.3 is 6.03 Å². The summed E-state index contributed by atoms with van der Waals surface area (Å²) in [4.78, 5) is 20.1. The van der Waals surface area contributed by atoms with Gasteiger partial charge in [-0.3, -0.25) is 0 Å². The Balaban J connectivity index is 1.91. The van der Waals surface area contributed by atoms with Crippen molar-refractivity contribution in [1.82, 2.24) is 15.2 Å². The van der Waals surface area contributed by atoms with Crippen LogP contribution in [0.5, 0.6) is 0 Å². The van der Waals surface area contributed by atoms with E-state index in [-0.39, 0.29) is 12.1 Å². The third-order valence-electron chi connectivity index (χ3n) is 3.34. The van der Waals surface area contributed by atoms with E-state index in [9.17, 15) is 4.79 Å². The molecule has 0 saturated carbocycles. The molecular formula is C14H22N4O2. The molecule has 0 bridgehead atoms. The van der Waals surface area contributed by atoms with E-state index in [0.29, 0.717) is 26.3 Å². The molecule has 2 rings (SSSR count). The molecule has 0 spiro atoms. The minimum absolute atomic E-state index is 0.0379. The average molecular weight is 278 g/mol. The molecule has 1 N–H and O–H groups in total. The zero-order valence-corrected chi connectivity index (χ0v) is 12.3. The van der Waals surface area contributed by atoms with E-state index in [4.69, 9.17) is 4.74 Å². The number of carbonyl (C=O) groups excluding carboxylic acids is 1. The lowest BCUT2D eigenvalue weighted by Crippen LogP contribution is -2.51. The number of carbonyl (C=O) groups is 1. The highest BCUT2D eigenvalue weighted by Gasteiger charge is 2.23. The summed E-state index contributed by atoms with van der Waals surface area (Å²) in [6.07, 6.45) is 1.76. The van der Waals surface area contributed by atoms with Gasteiger partial charge in [0, 0.05) is 33.4 Å². The van der Waals surface area contributed by atoms with E-state index in [1.54, 1.807) is 6.20 Å². The number of nitrogens with zero attached hydrogens (tertiary/aromatic N) is 3. The number of amides is 2. The van der Waals surface area contributed by atoms with Crippen molar-refractivity contribution in [2.24, 2.45) is 0 Å². The molecule has 1 aliphatic heterocycles. The van der Waals surface area contributed by atoms with Crippen molar-refractivity contribution in [2.45, 2.75) is 19.5 Å². The SMILES string of the molecule is CC1COCCN1C(=O)NCc1ccnc(N(C)C)c1. The van der Waals surface area contributed by atoms with Crippen molar-refractivity contribution in [2.75, 3.05) is 38.8 Å². The Kier molecular flexibility index (Phi) is 4.79. The highest BCUT2D eigenvalue weighted by Crippen LogP contribution is 2.10. The maximum absolute atomic E-state index is 12.1. The van der Waals surface area contributed by atoms with Gasteiger partial charge in [0.1, 0.15) is 5.82 Å². The monoisotopic (exact) mass is 278 g/mol. The van der Waals surface area contributed by atoms with E-state index in [0.717, 1.165) is 11.4 Å². The summed E-state index contributed by atoms with van der Waals surface area (Å²) in [6.45, 7) is 4.36. The van der Waals surface area contributed by atoms with Gasteiger partial charge in [-0.15, -0.1) is 0 Å². The molecule has 1 saturated heterocycles. The second-order valence-corrected chi connectivity index (χ2v) is 5.19. The van der Waals surface area contributed by atoms with Crippen LogP contribution in [-0.4, -0.2) is 55.8 Å². The summed E-state index contributed by atoms with van der Waals surface area (Å²) in [7, 11) is 3.89. The van der Waals surface area contributed by atoms with Gasteiger partial charge in [-0.1, -0.05) is 0 Å². The van der Waals surface area contributed by atoms with Gasteiger partial charge in [-0.05, 0) is 24.6 Å². The van der Waals surface area contributed by atoms with Crippen molar-refractivity contribution in [3.8, 4) is 0 Å². The molecular weight excluding hydrogens is 256 g/mol. The normalized spacial score (nSPS) is 18.8. The predicted molar refractivity (Wildman–Crippen MR) is 77.8 cm³/mol. The fourth-order valence-corrected chi connectivity index (χ4v) is 2.12. The van der Waals surface area contributed by atoms with E-state index in [1.165, 1.54) is 0 Å². The number of anilines is 1. The molecule has 2 heterocycles. The van der Waals surface area contributed by atoms with Crippen molar-refractivity contribution in [1.29, 1.82) is 0 Å². The van der Waals surface area contributed by atoms with Gasteiger partial charge in [0.25, 0.3) is 0 Å². The summed E-state index contributed by atoms with van der Waals surface area (Å²) >= 11 is 0. The number of rotatable bonds is 3. The first-order valence-corrected chi connectivity index (χ1v) is 6.82. The van der Waals surface area contributed by atoms with Crippen LogP contribution in [0, 0.1) is 0 Å². The lowest BCUT2D eigenvalue weighted by Gasteiger charge is -2.33. The smallest absolute Gasteiger partial charge is 0.318 e. The van der Waals surface area contributed by atoms with E-state index < -0.39 is 0 Å². The van der Waals surface area contributed by atoms with Crippen LogP contribution in [-0.2, 0) is 11.3 Å². The molecule has 20 heavy (non-hydrogen) atoms. The third kappa shape index (κ3) is 3.60. The summed E-state index contributed by atoms with van der Waals surface area (Å²) in [6, 6.07) is 3.97. The van der Waals surface area contributed by atoms with Crippen LogP contribution in [0.15, 0.2) is 18.3 Å². The number of pyridine rings is 1. The van der Waals surface area contributed by atoms with Crippen molar-refractivity contribution < 1.29 is 9.53 Å². The molecule has 2 amide bonds. The topological polar surface area (TPSA) is 57.7 Å². The summed E-state index contributed by atoms with van der Waals surface area (Å²) in [5.74, 6) is 0.886. The second-order valence-electron chi connectivity index (χ2n) is 5.19. The van der Waals surface area contributed by atoms with Crippen LogP contribution < -0.4 is 10.2 Å². The Hall–Kier alpha value is -1.82. The van der Waals surface area contributed by atoms with Crippen LogP contribution in [0.4, 0.5) is 10.6 Å². The number of hydrogen-bond acceptors (Lipinski definition) is 4. The number of ether oxygens (including phenoxy) is 1. The highest BCUT2D eigenvalue weighted by atomic mass is 16.5. The summed E-state index contributed by atoms with van der Waals surface area (Å²) in [5.41, 5.74) is 1.04. The van der Waals surface area contributed by atoms with Crippen LogP contribution >= 0.6 is 0 Å². The molecule has 6 nitrogen and oxygen atoms in total. The Bertz CT molecular complexity index is 464. The molecule has 1 unspecified atom stereocenters. The number of morpholine rings is 1. The lowest BCUT2D eigenvalue weighted by atomic mass is 10.2. The van der Waals surface area contributed by atoms with Gasteiger partial charge in [0.05, 0.1) is 19.3 Å². The molecule has 110 valence electrons. The predicted octanol–water partition coefficient (Wildman–Crippen LogP) is 1.08. The molecule has 1 atom stereocenters. The maximum atomic E-state index is 12.1. The van der Waals surface area contributed by atoms with Gasteiger partial charge in [0.15, 0.2) is 0 Å². The second kappa shape index (κ2) is 6.56. The first-order chi connectivity index (χ1) is 9.58. The lowest BCUT2D eigenvalue weighted by molar-refractivity contribution is 0.0190. The van der Waals surface area contributed by atoms with Crippen molar-refractivity contribution in [3.05, 3.63) is 23.9 Å². The number of urea groups is 1. The van der Waals surface area contributed by atoms with Gasteiger partial charge in [-0.2, -0.15) is 0 Å². The quantitative estimate of drug-likeness (QED) is 0.899. The van der Waals surface area contributed by atoms with Crippen LogP contribution in [0.25, 0.3) is 0 Å². The largest absolute Gasteiger partial charge is 0.377 e. The van der Waals surface area contributed by atoms with Crippen LogP contribution in [0.3, 0.4) is 0 Å². The van der Waals surface area contributed by atoms with Crippen molar-refractivity contribution in [3.63, 3.8) is 0 Å². The Labute approximate surface area is 119 Å². The Morgan fingerprint density at radius 2 is 2.40 bits per heavy atom. The summed E-state index contributed by atoms with van der Waals surface area (Å²) < 4.78 is 5.33. The zero-order valence-electron chi connectivity index (χ0n) is 12.3. The molecule has 1 aromatic rings. The maximum Gasteiger partial charge on any atom is 0.318 e. The fourth-order valence-electron chi connectivity index (χ4n) is 2.12. The van der Waals surface area contributed by atoms with Gasteiger partial charge < -0.3 is 19.9 Å². The third-order valence-corrected chi connectivity index (χ3v) is 3.34. The van der Waals surface area contributed by atoms with E-state index in [2.05, 4.69) is 10.3 Å². The number of hydrogen-bond donors (Lipinski definition) is 1. The Morgan fingerprint density at radius 3 is 3.10 bits per heavy atom. The zero-order chi connectivity index (χ0) is 14.5. The molecule has 1 aliphatic rings. The molecule has 1 fully saturated rings. The van der Waals surface area contributed by atoms with E-state index >= 15 is 0 Å². The van der Waals surface area contributed by atoms with Crippen LogP contribution in [0.2, 0.25) is 0 Å². The summed E-state index contributed by atoms with van der Waals surface area (Å²) in [5, 5.41) is 2.95. The first kappa shape index (κ1) is 14.6. The Morgan fingerprint density at radius 1 is 1.60 bits per heavy atom. The molecule has 0 aliphatic carbocycles. The van der Waals surface area contributed by atoms with Crippen LogP contribution in [0.1, 0.15) is 12.5 Å². The molecule has 0 radical (unpaired) electrons. The fraction of sp³-hybridized carbons (Fsp3) is 0.571. The van der Waals surface area contributed by atoms with Crippen molar-refractivity contribution >= 4 is 11.8 Å². The highest BCUT2D eigenvalue weighted by molar-refractivity contribution is 5.74. The van der Waals surface area contributed by atoms with E-state index in [1.807, 2.05) is 43.0 Å². The molecule has 1 aromatic heterocycles. The minimum Gasteiger partial charge on any atom is -0.377 e.